The molecule has 1 aliphatic rings. The van der Waals surface area contributed by atoms with Crippen molar-refractivity contribution >= 4 is 40.6 Å². The Labute approximate surface area is 119 Å². The van der Waals surface area contributed by atoms with Gasteiger partial charge in [-0.05, 0) is 18.4 Å². The summed E-state index contributed by atoms with van der Waals surface area (Å²) in [6.45, 7) is 0. The highest BCUT2D eigenvalue weighted by Crippen LogP contribution is 2.41. The molecule has 1 heterocycles. The average molecular weight is 298 g/mol. The van der Waals surface area contributed by atoms with Crippen LogP contribution in [0.4, 0.5) is 5.69 Å². The first-order valence-corrected chi connectivity index (χ1v) is 6.90. The Morgan fingerprint density at radius 2 is 2.32 bits per heavy atom. The molecule has 0 saturated heterocycles. The topological polar surface area (TPSA) is 84.7 Å². The molecule has 8 heteroatoms. The van der Waals surface area contributed by atoms with Crippen molar-refractivity contribution in [2.24, 2.45) is 25.9 Å². The van der Waals surface area contributed by atoms with Gasteiger partial charge >= 0.3 is 0 Å². The minimum atomic E-state index is -1.25. The second-order valence-electron chi connectivity index (χ2n) is 3.59. The highest BCUT2D eigenvalue weighted by molar-refractivity contribution is 8.13. The number of rotatable bonds is 3. The van der Waals surface area contributed by atoms with Crippen LogP contribution in [-0.2, 0) is 5.12 Å². The van der Waals surface area contributed by atoms with Crippen molar-refractivity contribution < 1.29 is 4.74 Å². The highest BCUT2D eigenvalue weighted by atomic mass is 35.5. The number of ether oxygens (including phenoxy) is 1. The molecule has 1 aromatic carbocycles. The van der Waals surface area contributed by atoms with Gasteiger partial charge in [-0.3, -0.25) is 0 Å². The van der Waals surface area contributed by atoms with E-state index in [-0.39, 0.29) is 0 Å². The monoisotopic (exact) mass is 297 g/mol. The molecule has 0 radical (unpaired) electrons. The Kier molecular flexibility index (Phi) is 4.06. The lowest BCUT2D eigenvalue weighted by Crippen LogP contribution is -2.11. The third-order valence-electron chi connectivity index (χ3n) is 2.45. The summed E-state index contributed by atoms with van der Waals surface area (Å²) in [7, 11) is 1.54. The number of benzene rings is 1. The number of nitrogens with two attached hydrogens (primary N) is 1. The van der Waals surface area contributed by atoms with Crippen LogP contribution in [-0.4, -0.2) is 24.9 Å². The van der Waals surface area contributed by atoms with Gasteiger partial charge in [-0.1, -0.05) is 23.4 Å². The number of hydrogen-bond donors (Lipinski definition) is 1. The lowest BCUT2D eigenvalue weighted by Gasteiger charge is -2.17. The SMILES string of the molecule is COc1cc(N=C(N)SC)ccc1C1(Cl)N=CN=N1. The molecular formula is C11H12ClN5OS. The van der Waals surface area contributed by atoms with E-state index in [9.17, 15) is 0 Å². The molecule has 0 aliphatic carbocycles. The number of thioether (sulfide) groups is 1. The molecule has 0 spiro atoms. The summed E-state index contributed by atoms with van der Waals surface area (Å²) in [5, 5.41) is 6.76. The van der Waals surface area contributed by atoms with Crippen LogP contribution in [0.5, 0.6) is 5.75 Å². The van der Waals surface area contributed by atoms with E-state index in [4.69, 9.17) is 22.1 Å². The molecule has 100 valence electrons. The van der Waals surface area contributed by atoms with E-state index in [0.717, 1.165) is 0 Å². The van der Waals surface area contributed by atoms with Crippen molar-refractivity contribution in [3.05, 3.63) is 23.8 Å². The van der Waals surface area contributed by atoms with Crippen molar-refractivity contribution in [3.63, 3.8) is 0 Å². The summed E-state index contributed by atoms with van der Waals surface area (Å²) < 4.78 is 5.30. The number of methoxy groups -OCH3 is 1. The van der Waals surface area contributed by atoms with Gasteiger partial charge in [-0.2, -0.15) is 0 Å². The summed E-state index contributed by atoms with van der Waals surface area (Å²) in [6.07, 6.45) is 3.16. The molecule has 0 aromatic heterocycles. The van der Waals surface area contributed by atoms with Gasteiger partial charge in [-0.25, -0.2) is 9.98 Å². The Morgan fingerprint density at radius 3 is 2.89 bits per heavy atom. The number of nitrogens with zero attached hydrogens (tertiary/aromatic N) is 4. The van der Waals surface area contributed by atoms with E-state index >= 15 is 0 Å². The maximum Gasteiger partial charge on any atom is 0.276 e. The minimum Gasteiger partial charge on any atom is -0.496 e. The molecule has 0 amide bonds. The van der Waals surface area contributed by atoms with Gasteiger partial charge in [0.1, 0.15) is 12.1 Å². The predicted molar refractivity (Wildman–Crippen MR) is 78.7 cm³/mol. The van der Waals surface area contributed by atoms with Gasteiger partial charge in [0.05, 0.1) is 18.4 Å². The highest BCUT2D eigenvalue weighted by Gasteiger charge is 2.34. The van der Waals surface area contributed by atoms with Crippen LogP contribution in [0.1, 0.15) is 5.56 Å². The van der Waals surface area contributed by atoms with Crippen LogP contribution in [0.25, 0.3) is 0 Å². The fourth-order valence-corrected chi connectivity index (χ4v) is 1.98. The third-order valence-corrected chi connectivity index (χ3v) is 3.33. The maximum absolute atomic E-state index is 6.26. The maximum atomic E-state index is 6.26. The lowest BCUT2D eigenvalue weighted by molar-refractivity contribution is 0.403. The molecule has 2 N–H and O–H groups in total. The fraction of sp³-hybridized carbons (Fsp3) is 0.273. The summed E-state index contributed by atoms with van der Waals surface area (Å²) >= 11 is 7.63. The number of halogens is 1. The van der Waals surface area contributed by atoms with Crippen molar-refractivity contribution in [3.8, 4) is 5.75 Å². The largest absolute Gasteiger partial charge is 0.496 e. The molecule has 19 heavy (non-hydrogen) atoms. The molecule has 2 rings (SSSR count). The summed E-state index contributed by atoms with van der Waals surface area (Å²) in [5.41, 5.74) is 6.95. The smallest absolute Gasteiger partial charge is 0.276 e. The van der Waals surface area contributed by atoms with E-state index in [1.807, 2.05) is 6.26 Å². The van der Waals surface area contributed by atoms with Crippen LogP contribution in [0.15, 0.2) is 38.4 Å². The standard InChI is InChI=1S/C11H12ClN5OS/c1-18-9-5-7(16-10(13)19-2)3-4-8(9)11(12)14-6-15-17-11/h3-6H,1-2H3,(H2,13,16). The fourth-order valence-electron chi connectivity index (χ4n) is 1.54. The Morgan fingerprint density at radius 1 is 1.53 bits per heavy atom. The van der Waals surface area contributed by atoms with Crippen molar-refractivity contribution in [2.45, 2.75) is 5.12 Å². The summed E-state index contributed by atoms with van der Waals surface area (Å²) in [6, 6.07) is 5.25. The number of azo groups is 1. The van der Waals surface area contributed by atoms with Crippen LogP contribution < -0.4 is 10.5 Å². The Bertz CT molecular complexity index is 560. The predicted octanol–water partition coefficient (Wildman–Crippen LogP) is 2.85. The molecule has 1 aliphatic heterocycles. The van der Waals surface area contributed by atoms with Crippen molar-refractivity contribution in [2.75, 3.05) is 13.4 Å². The van der Waals surface area contributed by atoms with E-state index in [1.165, 1.54) is 18.1 Å². The van der Waals surface area contributed by atoms with Crippen LogP contribution in [0.3, 0.4) is 0 Å². The van der Waals surface area contributed by atoms with Gasteiger partial charge in [0.15, 0.2) is 5.17 Å². The minimum absolute atomic E-state index is 0.467. The van der Waals surface area contributed by atoms with E-state index < -0.39 is 5.12 Å². The van der Waals surface area contributed by atoms with E-state index in [1.54, 1.807) is 25.3 Å². The molecule has 1 unspecified atom stereocenters. The number of amidine groups is 1. The first-order valence-electron chi connectivity index (χ1n) is 5.30. The Balaban J connectivity index is 2.43. The second kappa shape index (κ2) is 5.58. The van der Waals surface area contributed by atoms with Crippen LogP contribution in [0, 0.1) is 0 Å². The number of aliphatic imine (C=N–C) groups is 2. The molecule has 0 bridgehead atoms. The molecule has 6 nitrogen and oxygen atoms in total. The zero-order valence-corrected chi connectivity index (χ0v) is 11.9. The normalized spacial score (nSPS) is 21.9. The quantitative estimate of drug-likeness (QED) is 0.403. The molecular weight excluding hydrogens is 286 g/mol. The Hall–Kier alpha value is -1.60. The van der Waals surface area contributed by atoms with E-state index in [2.05, 4.69) is 20.2 Å². The lowest BCUT2D eigenvalue weighted by atomic mass is 10.1. The van der Waals surface area contributed by atoms with Crippen LogP contribution in [0.2, 0.25) is 0 Å². The summed E-state index contributed by atoms with van der Waals surface area (Å²) in [5.74, 6) is 0.531. The van der Waals surface area contributed by atoms with Gasteiger partial charge < -0.3 is 10.5 Å². The first-order chi connectivity index (χ1) is 9.09. The number of hydrogen-bond acceptors (Lipinski definition) is 6. The van der Waals surface area contributed by atoms with Gasteiger partial charge in [-0.15, -0.1) is 10.2 Å². The van der Waals surface area contributed by atoms with Crippen molar-refractivity contribution in [1.29, 1.82) is 0 Å². The van der Waals surface area contributed by atoms with Gasteiger partial charge in [0.2, 0.25) is 0 Å². The van der Waals surface area contributed by atoms with Gasteiger partial charge in [0.25, 0.3) is 5.12 Å². The second-order valence-corrected chi connectivity index (χ2v) is 4.94. The third kappa shape index (κ3) is 2.87. The zero-order chi connectivity index (χ0) is 13.9. The van der Waals surface area contributed by atoms with E-state index in [0.29, 0.717) is 22.2 Å². The van der Waals surface area contributed by atoms with Gasteiger partial charge in [0, 0.05) is 6.07 Å². The van der Waals surface area contributed by atoms with Crippen LogP contribution >= 0.6 is 23.4 Å². The number of alkyl halides is 1. The molecule has 0 fully saturated rings. The summed E-state index contributed by atoms with van der Waals surface area (Å²) in [4.78, 5) is 8.23. The zero-order valence-electron chi connectivity index (χ0n) is 10.4. The first kappa shape index (κ1) is 13.8. The average Bonchev–Trinajstić information content (AvgIpc) is 2.86. The molecule has 1 aromatic rings. The van der Waals surface area contributed by atoms with Crippen molar-refractivity contribution in [1.82, 2.24) is 0 Å². The molecule has 1 atom stereocenters. The molecule has 0 saturated carbocycles.